The second-order valence-electron chi connectivity index (χ2n) is 2.52. The van der Waals surface area contributed by atoms with E-state index in [1.54, 1.807) is 13.8 Å². The predicted molar refractivity (Wildman–Crippen MR) is 61.4 cm³/mol. The van der Waals surface area contributed by atoms with Crippen LogP contribution in [0.15, 0.2) is 33.1 Å². The van der Waals surface area contributed by atoms with Crippen molar-refractivity contribution in [2.24, 2.45) is 5.73 Å². The molecule has 0 saturated heterocycles. The highest BCUT2D eigenvalue weighted by Gasteiger charge is 2.12. The number of rotatable bonds is 3. The zero-order valence-electron chi connectivity index (χ0n) is 7.60. The first kappa shape index (κ1) is 12.2. The van der Waals surface area contributed by atoms with Crippen molar-refractivity contribution in [3.05, 3.63) is 33.1 Å². The van der Waals surface area contributed by atoms with Crippen molar-refractivity contribution in [1.29, 1.82) is 0 Å². The van der Waals surface area contributed by atoms with E-state index in [4.69, 9.17) is 10.8 Å². The summed E-state index contributed by atoms with van der Waals surface area (Å²) in [5, 5.41) is 8.76. The average Bonchev–Trinajstić information content (AvgIpc) is 2.03. The highest BCUT2D eigenvalue weighted by molar-refractivity contribution is 14.1. The molecule has 0 aliphatic carbocycles. The van der Waals surface area contributed by atoms with E-state index >= 15 is 0 Å². The fourth-order valence-electron chi connectivity index (χ4n) is 0.742. The maximum absolute atomic E-state index is 10.7. The van der Waals surface area contributed by atoms with Crippen LogP contribution in [0.2, 0.25) is 0 Å². The Bertz CT molecular complexity index is 303. The van der Waals surface area contributed by atoms with Gasteiger partial charge in [0.1, 0.15) is 0 Å². The van der Waals surface area contributed by atoms with Crippen molar-refractivity contribution in [1.82, 2.24) is 0 Å². The Labute approximate surface area is 91.1 Å². The van der Waals surface area contributed by atoms with E-state index in [9.17, 15) is 4.79 Å². The molecule has 0 atom stereocenters. The van der Waals surface area contributed by atoms with Crippen molar-refractivity contribution in [2.45, 2.75) is 13.8 Å². The molecule has 4 heteroatoms. The standard InChI is InChI=1S/C9H12INO2/c1-4-6(9(12)13)8(11)7(10)5(2)3/h4H,2,11H2,1,3H3,(H,12,13)/b6-4+,8-7-. The van der Waals surface area contributed by atoms with Crippen LogP contribution in [0.3, 0.4) is 0 Å². The van der Waals surface area contributed by atoms with Crippen LogP contribution in [0.4, 0.5) is 0 Å². The number of hydrogen-bond acceptors (Lipinski definition) is 2. The number of allylic oxidation sites excluding steroid dienone is 3. The van der Waals surface area contributed by atoms with Gasteiger partial charge in [-0.15, -0.1) is 0 Å². The van der Waals surface area contributed by atoms with E-state index in [0.29, 0.717) is 3.58 Å². The molecule has 13 heavy (non-hydrogen) atoms. The van der Waals surface area contributed by atoms with Crippen molar-refractivity contribution in [3.63, 3.8) is 0 Å². The lowest BCUT2D eigenvalue weighted by atomic mass is 10.1. The molecule has 0 spiro atoms. The largest absolute Gasteiger partial charge is 0.478 e. The Morgan fingerprint density at radius 2 is 2.08 bits per heavy atom. The van der Waals surface area contributed by atoms with E-state index in [0.717, 1.165) is 5.57 Å². The number of carboxylic acids is 1. The van der Waals surface area contributed by atoms with Crippen LogP contribution in [-0.4, -0.2) is 11.1 Å². The molecule has 3 nitrogen and oxygen atoms in total. The summed E-state index contributed by atoms with van der Waals surface area (Å²) in [6.07, 6.45) is 1.47. The van der Waals surface area contributed by atoms with E-state index in [-0.39, 0.29) is 11.3 Å². The topological polar surface area (TPSA) is 63.3 Å². The maximum atomic E-state index is 10.7. The van der Waals surface area contributed by atoms with Crippen LogP contribution < -0.4 is 5.73 Å². The second-order valence-corrected chi connectivity index (χ2v) is 3.59. The van der Waals surface area contributed by atoms with Gasteiger partial charge in [-0.3, -0.25) is 0 Å². The Hall–Kier alpha value is -0.780. The molecule has 0 aliphatic rings. The van der Waals surface area contributed by atoms with Gasteiger partial charge in [0, 0.05) is 3.58 Å². The molecule has 0 radical (unpaired) electrons. The molecule has 0 bridgehead atoms. The first-order valence-electron chi connectivity index (χ1n) is 3.62. The summed E-state index contributed by atoms with van der Waals surface area (Å²) in [6.45, 7) is 7.11. The quantitative estimate of drug-likeness (QED) is 0.476. The number of aliphatic carboxylic acids is 1. The third-order valence-electron chi connectivity index (χ3n) is 1.42. The SMILES string of the molecule is C=C(C)/C(I)=C(N)\C(=C/C)C(=O)O. The molecule has 0 saturated carbocycles. The van der Waals surface area contributed by atoms with E-state index in [2.05, 4.69) is 6.58 Å². The van der Waals surface area contributed by atoms with Crippen LogP contribution in [0.25, 0.3) is 0 Å². The lowest BCUT2D eigenvalue weighted by Crippen LogP contribution is -2.11. The van der Waals surface area contributed by atoms with Crippen LogP contribution >= 0.6 is 22.6 Å². The van der Waals surface area contributed by atoms with Crippen molar-refractivity contribution in [3.8, 4) is 0 Å². The molecule has 0 heterocycles. The van der Waals surface area contributed by atoms with Crippen molar-refractivity contribution in [2.75, 3.05) is 0 Å². The summed E-state index contributed by atoms with van der Waals surface area (Å²) in [5.41, 5.74) is 6.78. The van der Waals surface area contributed by atoms with Gasteiger partial charge in [-0.2, -0.15) is 0 Å². The molecule has 0 aliphatic heterocycles. The molecule has 0 aromatic rings. The van der Waals surface area contributed by atoms with Gasteiger partial charge in [0.15, 0.2) is 0 Å². The zero-order valence-corrected chi connectivity index (χ0v) is 9.75. The van der Waals surface area contributed by atoms with Gasteiger partial charge in [0.2, 0.25) is 0 Å². The van der Waals surface area contributed by atoms with Gasteiger partial charge in [-0.1, -0.05) is 12.7 Å². The minimum absolute atomic E-state index is 0.118. The first-order chi connectivity index (χ1) is 5.91. The summed E-state index contributed by atoms with van der Waals surface area (Å²) < 4.78 is 0.688. The maximum Gasteiger partial charge on any atom is 0.337 e. The van der Waals surface area contributed by atoms with Crippen molar-refractivity contribution >= 4 is 28.6 Å². The predicted octanol–water partition coefficient (Wildman–Crippen LogP) is 2.20. The van der Waals surface area contributed by atoms with Gasteiger partial charge in [-0.05, 0) is 42.0 Å². The molecule has 0 aromatic heterocycles. The molecule has 72 valence electrons. The third kappa shape index (κ3) is 3.22. The van der Waals surface area contributed by atoms with E-state index in [1.165, 1.54) is 6.08 Å². The Kier molecular flexibility index (Phi) is 4.76. The van der Waals surface area contributed by atoms with E-state index < -0.39 is 5.97 Å². The lowest BCUT2D eigenvalue weighted by molar-refractivity contribution is -0.132. The molecule has 3 N–H and O–H groups in total. The highest BCUT2D eigenvalue weighted by atomic mass is 127. The van der Waals surface area contributed by atoms with E-state index in [1.807, 2.05) is 22.6 Å². The smallest absolute Gasteiger partial charge is 0.337 e. The van der Waals surface area contributed by atoms with Crippen molar-refractivity contribution < 1.29 is 9.90 Å². The number of nitrogens with two attached hydrogens (primary N) is 1. The minimum Gasteiger partial charge on any atom is -0.478 e. The molecular formula is C9H12INO2. The third-order valence-corrected chi connectivity index (χ3v) is 2.92. The van der Waals surface area contributed by atoms with Gasteiger partial charge >= 0.3 is 5.97 Å². The molecular weight excluding hydrogens is 281 g/mol. The molecule has 0 amide bonds. The highest BCUT2D eigenvalue weighted by Crippen LogP contribution is 2.22. The summed E-state index contributed by atoms with van der Waals surface area (Å²) >= 11 is 1.98. The number of carbonyl (C=O) groups is 1. The minimum atomic E-state index is -1.02. The van der Waals surface area contributed by atoms with Gasteiger partial charge in [0.25, 0.3) is 0 Å². The fourth-order valence-corrected chi connectivity index (χ4v) is 1.03. The zero-order chi connectivity index (χ0) is 10.6. The number of carboxylic acid groups (broad SMARTS) is 1. The Morgan fingerprint density at radius 1 is 1.62 bits per heavy atom. The molecule has 0 fully saturated rings. The van der Waals surface area contributed by atoms with Gasteiger partial charge in [0.05, 0.1) is 11.3 Å². The molecule has 0 unspecified atom stereocenters. The fraction of sp³-hybridized carbons (Fsp3) is 0.222. The molecule has 0 aromatic carbocycles. The summed E-state index contributed by atoms with van der Waals surface area (Å²) in [6, 6.07) is 0. The normalized spacial score (nSPS) is 13.6. The van der Waals surface area contributed by atoms with Crippen LogP contribution in [-0.2, 0) is 4.79 Å². The van der Waals surface area contributed by atoms with Crippen LogP contribution in [0.5, 0.6) is 0 Å². The lowest BCUT2D eigenvalue weighted by Gasteiger charge is -2.05. The molecule has 0 rings (SSSR count). The Balaban J connectivity index is 5.18. The first-order valence-corrected chi connectivity index (χ1v) is 4.70. The average molecular weight is 293 g/mol. The number of halogens is 1. The van der Waals surface area contributed by atoms with Gasteiger partial charge in [-0.25, -0.2) is 4.79 Å². The monoisotopic (exact) mass is 293 g/mol. The summed E-state index contributed by atoms with van der Waals surface area (Å²) in [7, 11) is 0. The second kappa shape index (κ2) is 5.06. The van der Waals surface area contributed by atoms with Gasteiger partial charge < -0.3 is 10.8 Å². The van der Waals surface area contributed by atoms with Crippen LogP contribution in [0, 0.1) is 0 Å². The van der Waals surface area contributed by atoms with Crippen LogP contribution in [0.1, 0.15) is 13.8 Å². The summed E-state index contributed by atoms with van der Waals surface area (Å²) in [5.74, 6) is -1.02. The Morgan fingerprint density at radius 3 is 2.31 bits per heavy atom. The summed E-state index contributed by atoms with van der Waals surface area (Å²) in [4.78, 5) is 10.7. The number of hydrogen-bond donors (Lipinski definition) is 2.